The van der Waals surface area contributed by atoms with Gasteiger partial charge in [0.2, 0.25) is 0 Å². The molecule has 0 N–H and O–H groups in total. The third-order valence-electron chi connectivity index (χ3n) is 2.81. The SMILES string of the molecule is CN(Cc1nccn1C)c1ccc(C#N)c(F)c1. The quantitative estimate of drug-likeness (QED) is 0.830. The molecule has 5 heteroatoms. The Balaban J connectivity index is 2.19. The van der Waals surface area contributed by atoms with Crippen LogP contribution in [0.3, 0.4) is 0 Å². The van der Waals surface area contributed by atoms with Crippen molar-refractivity contribution in [3.63, 3.8) is 0 Å². The fourth-order valence-electron chi connectivity index (χ4n) is 1.68. The van der Waals surface area contributed by atoms with Gasteiger partial charge in [-0.3, -0.25) is 0 Å². The predicted molar refractivity (Wildman–Crippen MR) is 66.4 cm³/mol. The Morgan fingerprint density at radius 3 is 2.83 bits per heavy atom. The maximum atomic E-state index is 13.5. The van der Waals surface area contributed by atoms with Crippen LogP contribution in [0.5, 0.6) is 0 Å². The first-order valence-electron chi connectivity index (χ1n) is 5.49. The van der Waals surface area contributed by atoms with Gasteiger partial charge in [-0.15, -0.1) is 0 Å². The van der Waals surface area contributed by atoms with Crippen molar-refractivity contribution in [3.05, 3.63) is 47.8 Å². The van der Waals surface area contributed by atoms with E-state index in [0.29, 0.717) is 6.54 Å². The molecule has 0 atom stereocenters. The summed E-state index contributed by atoms with van der Waals surface area (Å²) in [6.07, 6.45) is 3.59. The fourth-order valence-corrected chi connectivity index (χ4v) is 1.68. The zero-order chi connectivity index (χ0) is 13.1. The number of aromatic nitrogens is 2. The van der Waals surface area contributed by atoms with Gasteiger partial charge < -0.3 is 9.47 Å². The molecule has 92 valence electrons. The summed E-state index contributed by atoms with van der Waals surface area (Å²) in [4.78, 5) is 6.09. The monoisotopic (exact) mass is 244 g/mol. The minimum atomic E-state index is -0.498. The van der Waals surface area contributed by atoms with E-state index in [0.717, 1.165) is 11.5 Å². The molecule has 0 amide bonds. The molecule has 0 radical (unpaired) electrons. The molecule has 18 heavy (non-hydrogen) atoms. The first-order chi connectivity index (χ1) is 8.61. The van der Waals surface area contributed by atoms with E-state index in [1.165, 1.54) is 12.1 Å². The van der Waals surface area contributed by atoms with E-state index in [1.54, 1.807) is 18.3 Å². The molecule has 0 unspecified atom stereocenters. The van der Waals surface area contributed by atoms with E-state index >= 15 is 0 Å². The van der Waals surface area contributed by atoms with Crippen molar-refractivity contribution in [1.82, 2.24) is 9.55 Å². The van der Waals surface area contributed by atoms with E-state index in [-0.39, 0.29) is 5.56 Å². The highest BCUT2D eigenvalue weighted by Crippen LogP contribution is 2.18. The lowest BCUT2D eigenvalue weighted by atomic mass is 10.2. The summed E-state index contributed by atoms with van der Waals surface area (Å²) in [6, 6.07) is 6.38. The molecular weight excluding hydrogens is 231 g/mol. The van der Waals surface area contributed by atoms with Gasteiger partial charge in [-0.25, -0.2) is 9.37 Å². The number of rotatable bonds is 3. The van der Waals surface area contributed by atoms with Crippen molar-refractivity contribution in [3.8, 4) is 6.07 Å². The fraction of sp³-hybridized carbons (Fsp3) is 0.231. The minimum Gasteiger partial charge on any atom is -0.367 e. The Labute approximate surface area is 105 Å². The highest BCUT2D eigenvalue weighted by atomic mass is 19.1. The number of anilines is 1. The Bertz CT molecular complexity index is 597. The average molecular weight is 244 g/mol. The number of halogens is 1. The molecule has 1 heterocycles. The van der Waals surface area contributed by atoms with Gasteiger partial charge in [-0.1, -0.05) is 0 Å². The number of aryl methyl sites for hydroxylation is 1. The lowest BCUT2D eigenvalue weighted by Crippen LogP contribution is -2.19. The number of imidazole rings is 1. The van der Waals surface area contributed by atoms with Crippen molar-refractivity contribution in [2.24, 2.45) is 7.05 Å². The molecule has 0 saturated carbocycles. The van der Waals surface area contributed by atoms with Crippen molar-refractivity contribution in [2.45, 2.75) is 6.54 Å². The van der Waals surface area contributed by atoms with Crippen LogP contribution >= 0.6 is 0 Å². The maximum absolute atomic E-state index is 13.5. The van der Waals surface area contributed by atoms with Crippen LogP contribution in [-0.2, 0) is 13.6 Å². The molecule has 0 aliphatic rings. The minimum absolute atomic E-state index is 0.0594. The molecule has 0 saturated heterocycles. The van der Waals surface area contributed by atoms with E-state index in [4.69, 9.17) is 5.26 Å². The molecular formula is C13H13FN4. The van der Waals surface area contributed by atoms with Crippen LogP contribution in [0.4, 0.5) is 10.1 Å². The van der Waals surface area contributed by atoms with Gasteiger partial charge in [0, 0.05) is 32.2 Å². The zero-order valence-electron chi connectivity index (χ0n) is 10.3. The maximum Gasteiger partial charge on any atom is 0.143 e. The van der Waals surface area contributed by atoms with Crippen molar-refractivity contribution >= 4 is 5.69 Å². The lowest BCUT2D eigenvalue weighted by Gasteiger charge is -2.19. The second kappa shape index (κ2) is 4.88. The van der Waals surface area contributed by atoms with Crippen LogP contribution in [0, 0.1) is 17.1 Å². The van der Waals surface area contributed by atoms with Crippen molar-refractivity contribution < 1.29 is 4.39 Å². The van der Waals surface area contributed by atoms with Crippen LogP contribution in [0.2, 0.25) is 0 Å². The summed E-state index contributed by atoms with van der Waals surface area (Å²) in [5.74, 6) is 0.393. The average Bonchev–Trinajstić information content (AvgIpc) is 2.75. The van der Waals surface area contributed by atoms with Gasteiger partial charge in [0.05, 0.1) is 12.1 Å². The van der Waals surface area contributed by atoms with E-state index in [2.05, 4.69) is 4.98 Å². The van der Waals surface area contributed by atoms with E-state index in [1.807, 2.05) is 29.8 Å². The predicted octanol–water partition coefficient (Wildman–Crippen LogP) is 2.07. The Morgan fingerprint density at radius 1 is 1.50 bits per heavy atom. The molecule has 0 bridgehead atoms. The van der Waals surface area contributed by atoms with Gasteiger partial charge in [0.25, 0.3) is 0 Å². The Kier molecular flexibility index (Phi) is 3.28. The molecule has 0 aliphatic heterocycles. The smallest absolute Gasteiger partial charge is 0.143 e. The lowest BCUT2D eigenvalue weighted by molar-refractivity contribution is 0.623. The molecule has 2 aromatic rings. The third-order valence-corrected chi connectivity index (χ3v) is 2.81. The molecule has 2 rings (SSSR count). The molecule has 1 aromatic heterocycles. The van der Waals surface area contributed by atoms with E-state index in [9.17, 15) is 4.39 Å². The van der Waals surface area contributed by atoms with Gasteiger partial charge in [0.1, 0.15) is 17.7 Å². The van der Waals surface area contributed by atoms with Gasteiger partial charge in [-0.05, 0) is 18.2 Å². The van der Waals surface area contributed by atoms with E-state index < -0.39 is 5.82 Å². The molecule has 0 aliphatic carbocycles. The number of hydrogen-bond donors (Lipinski definition) is 0. The summed E-state index contributed by atoms with van der Waals surface area (Å²) >= 11 is 0. The number of hydrogen-bond acceptors (Lipinski definition) is 3. The Morgan fingerprint density at radius 2 is 2.28 bits per heavy atom. The summed E-state index contributed by atoms with van der Waals surface area (Å²) in [7, 11) is 3.77. The topological polar surface area (TPSA) is 44.9 Å². The van der Waals surface area contributed by atoms with Crippen LogP contribution in [0.25, 0.3) is 0 Å². The largest absolute Gasteiger partial charge is 0.367 e. The second-order valence-electron chi connectivity index (χ2n) is 4.09. The van der Waals surface area contributed by atoms with Crippen LogP contribution in [-0.4, -0.2) is 16.6 Å². The first kappa shape index (κ1) is 12.1. The van der Waals surface area contributed by atoms with Gasteiger partial charge in [-0.2, -0.15) is 5.26 Å². The summed E-state index contributed by atoms with van der Waals surface area (Å²) in [5.41, 5.74) is 0.777. The van der Waals surface area contributed by atoms with Crippen LogP contribution < -0.4 is 4.90 Å². The van der Waals surface area contributed by atoms with Gasteiger partial charge >= 0.3 is 0 Å². The van der Waals surface area contributed by atoms with Crippen LogP contribution in [0.15, 0.2) is 30.6 Å². The zero-order valence-corrected chi connectivity index (χ0v) is 10.3. The standard InChI is InChI=1S/C13H13FN4/c1-17-6-5-16-13(17)9-18(2)11-4-3-10(8-15)12(14)7-11/h3-7H,9H2,1-2H3. The van der Waals surface area contributed by atoms with Crippen molar-refractivity contribution in [2.75, 3.05) is 11.9 Å². The summed E-state index contributed by atoms with van der Waals surface area (Å²) in [5, 5.41) is 8.67. The van der Waals surface area contributed by atoms with Gasteiger partial charge in [0.15, 0.2) is 0 Å². The first-order valence-corrected chi connectivity index (χ1v) is 5.49. The number of nitrogens with zero attached hydrogens (tertiary/aromatic N) is 4. The normalized spacial score (nSPS) is 10.1. The third kappa shape index (κ3) is 2.33. The summed E-state index contributed by atoms with van der Waals surface area (Å²) < 4.78 is 15.4. The highest BCUT2D eigenvalue weighted by molar-refractivity contribution is 5.49. The summed E-state index contributed by atoms with van der Waals surface area (Å²) in [6.45, 7) is 0.578. The number of benzene rings is 1. The molecule has 0 spiro atoms. The second-order valence-corrected chi connectivity index (χ2v) is 4.09. The molecule has 1 aromatic carbocycles. The Hall–Kier alpha value is -2.35. The van der Waals surface area contributed by atoms with Crippen molar-refractivity contribution in [1.29, 1.82) is 5.26 Å². The molecule has 0 fully saturated rings. The highest BCUT2D eigenvalue weighted by Gasteiger charge is 2.08. The molecule has 4 nitrogen and oxygen atoms in total. The number of nitriles is 1. The van der Waals surface area contributed by atoms with Crippen LogP contribution in [0.1, 0.15) is 11.4 Å².